The van der Waals surface area contributed by atoms with Crippen molar-refractivity contribution in [1.29, 1.82) is 0 Å². The van der Waals surface area contributed by atoms with E-state index in [4.69, 9.17) is 16.3 Å². The number of sulfonamides is 1. The lowest BCUT2D eigenvalue weighted by molar-refractivity contribution is 0.172. The highest BCUT2D eigenvalue weighted by molar-refractivity contribution is 7.88. The third-order valence-electron chi connectivity index (χ3n) is 3.69. The molecular formula is C15H22ClN3O4S. The van der Waals surface area contributed by atoms with Gasteiger partial charge in [-0.05, 0) is 18.6 Å². The maximum absolute atomic E-state index is 12.0. The number of halogens is 1. The Morgan fingerprint density at radius 1 is 1.25 bits per heavy atom. The quantitative estimate of drug-likeness (QED) is 0.762. The van der Waals surface area contributed by atoms with E-state index >= 15 is 0 Å². The molecular weight excluding hydrogens is 354 g/mol. The monoisotopic (exact) mass is 375 g/mol. The van der Waals surface area contributed by atoms with Crippen molar-refractivity contribution in [3.8, 4) is 5.75 Å². The van der Waals surface area contributed by atoms with Crippen LogP contribution in [0.4, 0.5) is 4.79 Å². The molecule has 134 valence electrons. The van der Waals surface area contributed by atoms with E-state index < -0.39 is 10.0 Å². The molecule has 1 aromatic carbocycles. The minimum absolute atomic E-state index is 0.180. The van der Waals surface area contributed by atoms with Crippen LogP contribution in [0.1, 0.15) is 6.42 Å². The summed E-state index contributed by atoms with van der Waals surface area (Å²) in [7, 11) is -3.18. The van der Waals surface area contributed by atoms with E-state index in [1.807, 2.05) is 12.1 Å². The summed E-state index contributed by atoms with van der Waals surface area (Å²) in [4.78, 5) is 13.6. The third-order valence-corrected chi connectivity index (χ3v) is 5.30. The number of carbonyl (C=O) groups excluding carboxylic acids is 1. The van der Waals surface area contributed by atoms with Crippen molar-refractivity contribution in [2.45, 2.75) is 6.42 Å². The van der Waals surface area contributed by atoms with Gasteiger partial charge in [0.05, 0.1) is 17.9 Å². The van der Waals surface area contributed by atoms with Crippen molar-refractivity contribution in [3.63, 3.8) is 0 Å². The van der Waals surface area contributed by atoms with Crippen molar-refractivity contribution >= 4 is 27.7 Å². The number of urea groups is 1. The molecule has 0 spiro atoms. The highest BCUT2D eigenvalue weighted by Gasteiger charge is 2.25. The third kappa shape index (κ3) is 5.54. The number of carbonyl (C=O) groups is 1. The van der Waals surface area contributed by atoms with Crippen LogP contribution in [-0.2, 0) is 10.0 Å². The molecule has 24 heavy (non-hydrogen) atoms. The van der Waals surface area contributed by atoms with Crippen molar-refractivity contribution in [2.24, 2.45) is 0 Å². The van der Waals surface area contributed by atoms with Gasteiger partial charge in [0.2, 0.25) is 10.0 Å². The van der Waals surface area contributed by atoms with Crippen LogP contribution in [0.2, 0.25) is 5.02 Å². The van der Waals surface area contributed by atoms with E-state index in [2.05, 4.69) is 5.32 Å². The van der Waals surface area contributed by atoms with E-state index in [0.29, 0.717) is 56.5 Å². The molecule has 1 heterocycles. The molecule has 0 bridgehead atoms. The van der Waals surface area contributed by atoms with Gasteiger partial charge in [0.15, 0.2) is 0 Å². The molecule has 2 rings (SSSR count). The normalized spacial score (nSPS) is 16.0. The molecule has 7 nitrogen and oxygen atoms in total. The Morgan fingerprint density at radius 2 is 1.92 bits per heavy atom. The second-order valence-electron chi connectivity index (χ2n) is 5.51. The fraction of sp³-hybridized carbons (Fsp3) is 0.533. The first-order valence-electron chi connectivity index (χ1n) is 7.73. The summed E-state index contributed by atoms with van der Waals surface area (Å²) in [5.41, 5.74) is 0. The van der Waals surface area contributed by atoms with E-state index in [1.165, 1.54) is 10.6 Å². The van der Waals surface area contributed by atoms with E-state index in [0.717, 1.165) is 0 Å². The smallest absolute Gasteiger partial charge is 0.317 e. The highest BCUT2D eigenvalue weighted by Crippen LogP contribution is 2.22. The van der Waals surface area contributed by atoms with Crippen molar-refractivity contribution in [2.75, 3.05) is 45.6 Å². The molecule has 0 radical (unpaired) electrons. The summed E-state index contributed by atoms with van der Waals surface area (Å²) in [5, 5.41) is 3.37. The highest BCUT2D eigenvalue weighted by atomic mass is 35.5. The van der Waals surface area contributed by atoms with Crippen LogP contribution >= 0.6 is 11.6 Å². The minimum atomic E-state index is -3.18. The average Bonchev–Trinajstić information content (AvgIpc) is 2.55. The number of amides is 2. The standard InChI is InChI=1S/C15H22ClN3O4S/c1-24(21,22)19-10-8-18(9-11-19)15(20)17-7-4-12-23-14-6-3-2-5-13(14)16/h2-3,5-6H,4,7-12H2,1H3,(H,17,20). The topological polar surface area (TPSA) is 79.0 Å². The molecule has 2 amide bonds. The summed E-state index contributed by atoms with van der Waals surface area (Å²) in [6, 6.07) is 7.05. The maximum Gasteiger partial charge on any atom is 0.317 e. The Hall–Kier alpha value is -1.51. The fourth-order valence-corrected chi connectivity index (χ4v) is 3.36. The number of ether oxygens (including phenoxy) is 1. The van der Waals surface area contributed by atoms with Crippen LogP contribution in [0, 0.1) is 0 Å². The first-order chi connectivity index (χ1) is 11.4. The summed E-state index contributed by atoms with van der Waals surface area (Å²) >= 11 is 5.98. The lowest BCUT2D eigenvalue weighted by Crippen LogP contribution is -2.53. The molecule has 0 aliphatic carbocycles. The van der Waals surface area contributed by atoms with E-state index in [-0.39, 0.29) is 6.03 Å². The minimum Gasteiger partial charge on any atom is -0.492 e. The molecule has 1 aliphatic rings. The lowest BCUT2D eigenvalue weighted by Gasteiger charge is -2.33. The number of piperazine rings is 1. The first kappa shape index (κ1) is 18.8. The summed E-state index contributed by atoms with van der Waals surface area (Å²) in [6.45, 7) is 2.40. The van der Waals surface area contributed by atoms with Crippen LogP contribution in [0.15, 0.2) is 24.3 Å². The number of hydrogen-bond acceptors (Lipinski definition) is 4. The number of para-hydroxylation sites is 1. The Bertz CT molecular complexity index is 660. The van der Waals surface area contributed by atoms with Crippen LogP contribution in [0.25, 0.3) is 0 Å². The van der Waals surface area contributed by atoms with Gasteiger partial charge >= 0.3 is 6.03 Å². The predicted octanol–water partition coefficient (Wildman–Crippen LogP) is 1.40. The molecule has 0 atom stereocenters. The van der Waals surface area contributed by atoms with Gasteiger partial charge in [-0.3, -0.25) is 0 Å². The molecule has 1 aromatic rings. The first-order valence-corrected chi connectivity index (χ1v) is 9.96. The molecule has 1 aliphatic heterocycles. The number of nitrogens with one attached hydrogen (secondary N) is 1. The van der Waals surface area contributed by atoms with Gasteiger partial charge in [-0.25, -0.2) is 13.2 Å². The van der Waals surface area contributed by atoms with Gasteiger partial charge in [0, 0.05) is 32.7 Å². The second kappa shape index (κ2) is 8.55. The summed E-state index contributed by atoms with van der Waals surface area (Å²) in [6.07, 6.45) is 1.84. The molecule has 0 unspecified atom stereocenters. The zero-order chi connectivity index (χ0) is 17.6. The molecule has 0 saturated carbocycles. The van der Waals surface area contributed by atoms with Crippen LogP contribution in [0.3, 0.4) is 0 Å². The molecule has 1 N–H and O–H groups in total. The maximum atomic E-state index is 12.0. The van der Waals surface area contributed by atoms with Crippen LogP contribution in [0.5, 0.6) is 5.75 Å². The largest absolute Gasteiger partial charge is 0.492 e. The van der Waals surface area contributed by atoms with Crippen LogP contribution < -0.4 is 10.1 Å². The van der Waals surface area contributed by atoms with E-state index in [9.17, 15) is 13.2 Å². The summed E-state index contributed by atoms with van der Waals surface area (Å²) < 4.78 is 29.8. The van der Waals surface area contributed by atoms with Crippen molar-refractivity contribution in [1.82, 2.24) is 14.5 Å². The molecule has 1 fully saturated rings. The zero-order valence-electron chi connectivity index (χ0n) is 13.6. The number of nitrogens with zero attached hydrogens (tertiary/aromatic N) is 2. The molecule has 9 heteroatoms. The van der Waals surface area contributed by atoms with Gasteiger partial charge < -0.3 is 15.0 Å². The van der Waals surface area contributed by atoms with Gasteiger partial charge in [-0.1, -0.05) is 23.7 Å². The zero-order valence-corrected chi connectivity index (χ0v) is 15.1. The Morgan fingerprint density at radius 3 is 2.54 bits per heavy atom. The Kier molecular flexibility index (Phi) is 6.70. The second-order valence-corrected chi connectivity index (χ2v) is 7.90. The average molecular weight is 376 g/mol. The summed E-state index contributed by atoms with van der Waals surface area (Å²) in [5.74, 6) is 0.627. The number of rotatable bonds is 6. The van der Waals surface area contributed by atoms with Gasteiger partial charge in [-0.15, -0.1) is 0 Å². The number of benzene rings is 1. The van der Waals surface area contributed by atoms with E-state index in [1.54, 1.807) is 17.0 Å². The molecule has 0 aromatic heterocycles. The van der Waals surface area contributed by atoms with Gasteiger partial charge in [-0.2, -0.15) is 4.31 Å². The predicted molar refractivity (Wildman–Crippen MR) is 93.0 cm³/mol. The van der Waals surface area contributed by atoms with Gasteiger partial charge in [0.1, 0.15) is 5.75 Å². The lowest BCUT2D eigenvalue weighted by atomic mass is 10.3. The SMILES string of the molecule is CS(=O)(=O)N1CCN(C(=O)NCCCOc2ccccc2Cl)CC1. The fourth-order valence-electron chi connectivity index (χ4n) is 2.35. The van der Waals surface area contributed by atoms with Crippen LogP contribution in [-0.4, -0.2) is 69.2 Å². The molecule has 1 saturated heterocycles. The Balaban J connectivity index is 1.63. The van der Waals surface area contributed by atoms with Crippen molar-refractivity contribution in [3.05, 3.63) is 29.3 Å². The van der Waals surface area contributed by atoms with Crippen molar-refractivity contribution < 1.29 is 17.9 Å². The van der Waals surface area contributed by atoms with Gasteiger partial charge in [0.25, 0.3) is 0 Å². The number of hydrogen-bond donors (Lipinski definition) is 1. The Labute approximate surface area is 147 Å².